The monoisotopic (exact) mass is 352 g/mol. The van der Waals surface area contributed by atoms with Crippen LogP contribution in [0.25, 0.3) is 10.1 Å². The van der Waals surface area contributed by atoms with Crippen molar-refractivity contribution in [1.82, 2.24) is 5.32 Å². The lowest BCUT2D eigenvalue weighted by molar-refractivity contribution is 0.0956. The van der Waals surface area contributed by atoms with Gasteiger partial charge >= 0.3 is 0 Å². The molecule has 2 aromatic carbocycles. The number of rotatable bonds is 7. The molecule has 0 spiro atoms. The van der Waals surface area contributed by atoms with E-state index in [9.17, 15) is 4.79 Å². The lowest BCUT2D eigenvalue weighted by atomic mass is 10.1. The lowest BCUT2D eigenvalue weighted by Gasteiger charge is -2.19. The highest BCUT2D eigenvalue weighted by Crippen LogP contribution is 2.30. The predicted molar refractivity (Wildman–Crippen MR) is 108 cm³/mol. The molecule has 3 rings (SSSR count). The van der Waals surface area contributed by atoms with E-state index in [4.69, 9.17) is 0 Å². The summed E-state index contributed by atoms with van der Waals surface area (Å²) < 4.78 is 1.18. The smallest absolute Gasteiger partial charge is 0.261 e. The topological polar surface area (TPSA) is 32.3 Å². The van der Waals surface area contributed by atoms with Crippen LogP contribution in [0.4, 0.5) is 5.69 Å². The Hall–Kier alpha value is -2.33. The van der Waals surface area contributed by atoms with Crippen molar-refractivity contribution in [1.29, 1.82) is 0 Å². The third-order valence-electron chi connectivity index (χ3n) is 4.45. The van der Waals surface area contributed by atoms with E-state index in [1.54, 1.807) is 11.3 Å². The molecule has 0 fully saturated rings. The van der Waals surface area contributed by atoms with Crippen LogP contribution in [0, 0.1) is 6.92 Å². The van der Waals surface area contributed by atoms with Gasteiger partial charge in [-0.1, -0.05) is 36.4 Å². The number of carbonyl (C=O) groups excluding carboxylic acids is 1. The molecule has 0 saturated carbocycles. The molecule has 0 atom stereocenters. The summed E-state index contributed by atoms with van der Waals surface area (Å²) in [5, 5.41) is 4.25. The molecular weight excluding hydrogens is 328 g/mol. The maximum Gasteiger partial charge on any atom is 0.261 e. The van der Waals surface area contributed by atoms with Crippen molar-refractivity contribution in [2.45, 2.75) is 19.8 Å². The number of hydrogen-bond donors (Lipinski definition) is 1. The normalized spacial score (nSPS) is 10.8. The third kappa shape index (κ3) is 4.20. The summed E-state index contributed by atoms with van der Waals surface area (Å²) in [6.07, 6.45) is 2.03. The molecule has 0 radical (unpaired) electrons. The number of nitrogens with one attached hydrogen (secondary N) is 1. The zero-order chi connectivity index (χ0) is 17.6. The molecule has 3 nitrogen and oxygen atoms in total. The van der Waals surface area contributed by atoms with Crippen LogP contribution in [-0.4, -0.2) is 26.0 Å². The number of hydrogen-bond acceptors (Lipinski definition) is 3. The van der Waals surface area contributed by atoms with Gasteiger partial charge in [0.2, 0.25) is 0 Å². The summed E-state index contributed by atoms with van der Waals surface area (Å²) in [6, 6.07) is 18.6. The van der Waals surface area contributed by atoms with Gasteiger partial charge < -0.3 is 10.2 Å². The summed E-state index contributed by atoms with van der Waals surface area (Å²) in [7, 11) is 2.11. The standard InChI is InChI=1S/C21H24N2OS/c1-16-18-12-6-7-13-19(18)25-20(16)21(24)22-14-8-9-15-23(2)17-10-4-3-5-11-17/h3-7,10-13H,8-9,14-15H2,1-2H3,(H,22,24). The van der Waals surface area contributed by atoms with Gasteiger partial charge in [0.1, 0.15) is 0 Å². The second-order valence-corrected chi connectivity index (χ2v) is 7.32. The summed E-state index contributed by atoms with van der Waals surface area (Å²) in [6.45, 7) is 3.74. The predicted octanol–water partition coefficient (Wildman–Crippen LogP) is 4.86. The number of amides is 1. The Morgan fingerprint density at radius 2 is 1.76 bits per heavy atom. The van der Waals surface area contributed by atoms with Gasteiger partial charge in [0, 0.05) is 30.5 Å². The van der Waals surface area contributed by atoms with Crippen molar-refractivity contribution in [3.63, 3.8) is 0 Å². The summed E-state index contributed by atoms with van der Waals surface area (Å²) in [4.78, 5) is 15.5. The first kappa shape index (κ1) is 17.5. The van der Waals surface area contributed by atoms with E-state index >= 15 is 0 Å². The first-order valence-corrected chi connectivity index (χ1v) is 9.51. The Bertz CT molecular complexity index is 841. The molecule has 1 aromatic heterocycles. The van der Waals surface area contributed by atoms with Crippen molar-refractivity contribution in [2.75, 3.05) is 25.0 Å². The van der Waals surface area contributed by atoms with Crippen LogP contribution in [0.1, 0.15) is 28.1 Å². The van der Waals surface area contributed by atoms with Gasteiger partial charge in [-0.3, -0.25) is 4.79 Å². The second kappa shape index (κ2) is 8.17. The van der Waals surface area contributed by atoms with E-state index in [1.165, 1.54) is 15.8 Å². The van der Waals surface area contributed by atoms with Crippen molar-refractivity contribution in [2.24, 2.45) is 0 Å². The van der Waals surface area contributed by atoms with Crippen LogP contribution < -0.4 is 10.2 Å². The molecule has 1 N–H and O–H groups in total. The van der Waals surface area contributed by atoms with Crippen molar-refractivity contribution in [3.8, 4) is 0 Å². The largest absolute Gasteiger partial charge is 0.375 e. The number of unbranched alkanes of at least 4 members (excludes halogenated alkanes) is 1. The first-order chi connectivity index (χ1) is 12.2. The summed E-state index contributed by atoms with van der Waals surface area (Å²) in [5.74, 6) is 0.0510. The molecule has 4 heteroatoms. The Morgan fingerprint density at radius 1 is 1.04 bits per heavy atom. The van der Waals surface area contributed by atoms with E-state index in [1.807, 2.05) is 25.1 Å². The molecule has 3 aromatic rings. The first-order valence-electron chi connectivity index (χ1n) is 8.69. The van der Waals surface area contributed by atoms with Crippen LogP contribution in [0.15, 0.2) is 54.6 Å². The van der Waals surface area contributed by atoms with Gasteiger partial charge in [0.05, 0.1) is 4.88 Å². The fourth-order valence-corrected chi connectivity index (χ4v) is 4.08. The Kier molecular flexibility index (Phi) is 5.71. The maximum atomic E-state index is 12.4. The van der Waals surface area contributed by atoms with Gasteiger partial charge in [0.15, 0.2) is 0 Å². The Morgan fingerprint density at radius 3 is 2.52 bits per heavy atom. The highest BCUT2D eigenvalue weighted by atomic mass is 32.1. The molecule has 0 saturated heterocycles. The van der Waals surface area contributed by atoms with Crippen molar-refractivity contribution in [3.05, 3.63) is 65.0 Å². The van der Waals surface area contributed by atoms with E-state index in [-0.39, 0.29) is 5.91 Å². The molecule has 0 aliphatic rings. The number of fused-ring (bicyclic) bond motifs is 1. The molecule has 130 valence electrons. The molecular formula is C21H24N2OS. The zero-order valence-electron chi connectivity index (χ0n) is 14.8. The number of benzene rings is 2. The molecule has 1 heterocycles. The van der Waals surface area contributed by atoms with Crippen LogP contribution in [0.5, 0.6) is 0 Å². The average molecular weight is 353 g/mol. The van der Waals surface area contributed by atoms with Gasteiger partial charge in [-0.2, -0.15) is 0 Å². The lowest BCUT2D eigenvalue weighted by Crippen LogP contribution is -2.25. The number of thiophene rings is 1. The fourth-order valence-electron chi connectivity index (χ4n) is 2.96. The Labute approximate surface area is 153 Å². The van der Waals surface area contributed by atoms with Crippen LogP contribution in [0.3, 0.4) is 0 Å². The van der Waals surface area contributed by atoms with Crippen LogP contribution in [-0.2, 0) is 0 Å². The van der Waals surface area contributed by atoms with Crippen LogP contribution >= 0.6 is 11.3 Å². The number of aryl methyl sites for hydroxylation is 1. The zero-order valence-corrected chi connectivity index (χ0v) is 15.6. The molecule has 25 heavy (non-hydrogen) atoms. The van der Waals surface area contributed by atoms with Gasteiger partial charge in [0.25, 0.3) is 5.91 Å². The second-order valence-electron chi connectivity index (χ2n) is 6.27. The fraction of sp³-hybridized carbons (Fsp3) is 0.286. The molecule has 0 aliphatic carbocycles. The highest BCUT2D eigenvalue weighted by Gasteiger charge is 2.14. The quantitative estimate of drug-likeness (QED) is 0.616. The molecule has 0 bridgehead atoms. The molecule has 0 unspecified atom stereocenters. The maximum absolute atomic E-state index is 12.4. The average Bonchev–Trinajstić information content (AvgIpc) is 2.99. The summed E-state index contributed by atoms with van der Waals surface area (Å²) >= 11 is 1.58. The van der Waals surface area contributed by atoms with Gasteiger partial charge in [-0.15, -0.1) is 11.3 Å². The minimum absolute atomic E-state index is 0.0510. The number of anilines is 1. The van der Waals surface area contributed by atoms with E-state index in [0.29, 0.717) is 0 Å². The number of carbonyl (C=O) groups is 1. The van der Waals surface area contributed by atoms with Crippen molar-refractivity contribution < 1.29 is 4.79 Å². The van der Waals surface area contributed by atoms with E-state index in [2.05, 4.69) is 53.7 Å². The minimum Gasteiger partial charge on any atom is -0.375 e. The van der Waals surface area contributed by atoms with E-state index < -0.39 is 0 Å². The minimum atomic E-state index is 0.0510. The molecule has 0 aliphatic heterocycles. The van der Waals surface area contributed by atoms with Gasteiger partial charge in [-0.05, 0) is 48.9 Å². The van der Waals surface area contributed by atoms with E-state index in [0.717, 1.165) is 36.4 Å². The van der Waals surface area contributed by atoms with Crippen LogP contribution in [0.2, 0.25) is 0 Å². The summed E-state index contributed by atoms with van der Waals surface area (Å²) in [5.41, 5.74) is 2.31. The Balaban J connectivity index is 1.45. The number of nitrogens with zero attached hydrogens (tertiary/aromatic N) is 1. The SMILES string of the molecule is Cc1c(C(=O)NCCCCN(C)c2ccccc2)sc2ccccc12. The third-order valence-corrected chi connectivity index (χ3v) is 5.72. The molecule has 1 amide bonds. The van der Waals surface area contributed by atoms with Gasteiger partial charge in [-0.25, -0.2) is 0 Å². The number of para-hydroxylation sites is 1. The van der Waals surface area contributed by atoms with Crippen molar-refractivity contribution >= 4 is 33.0 Å². The highest BCUT2D eigenvalue weighted by molar-refractivity contribution is 7.21.